The zero-order chi connectivity index (χ0) is 19.2. The number of benzene rings is 1. The lowest BCUT2D eigenvalue weighted by Gasteiger charge is -2.22. The minimum Gasteiger partial charge on any atom is -0.373 e. The van der Waals surface area contributed by atoms with Crippen LogP contribution in [0.5, 0.6) is 0 Å². The van der Waals surface area contributed by atoms with E-state index in [0.29, 0.717) is 16.3 Å². The van der Waals surface area contributed by atoms with E-state index >= 15 is 0 Å². The van der Waals surface area contributed by atoms with Crippen molar-refractivity contribution >= 4 is 17.5 Å². The predicted molar refractivity (Wildman–Crippen MR) is 103 cm³/mol. The number of amides is 1. The van der Waals surface area contributed by atoms with Crippen molar-refractivity contribution in [1.29, 1.82) is 5.26 Å². The van der Waals surface area contributed by atoms with Crippen LogP contribution in [-0.4, -0.2) is 27.0 Å². The Morgan fingerprint density at radius 2 is 2.07 bits per heavy atom. The molecule has 27 heavy (non-hydrogen) atoms. The van der Waals surface area contributed by atoms with Crippen LogP contribution in [0.4, 0.5) is 0 Å². The van der Waals surface area contributed by atoms with Crippen molar-refractivity contribution in [3.63, 3.8) is 0 Å². The van der Waals surface area contributed by atoms with Gasteiger partial charge in [-0.1, -0.05) is 43.4 Å². The number of aliphatic hydroxyl groups is 1. The molecule has 2 aromatic rings. The molecule has 1 aliphatic rings. The van der Waals surface area contributed by atoms with Gasteiger partial charge in [-0.25, -0.2) is 0 Å². The Kier molecular flexibility index (Phi) is 6.49. The minimum atomic E-state index is -0.870. The Labute approximate surface area is 163 Å². The zero-order valence-corrected chi connectivity index (χ0v) is 15.8. The molecule has 2 N–H and O–H groups in total. The summed E-state index contributed by atoms with van der Waals surface area (Å²) in [5.41, 5.74) is 1.68. The quantitative estimate of drug-likeness (QED) is 0.604. The Bertz CT molecular complexity index is 835. The molecule has 1 heterocycles. The van der Waals surface area contributed by atoms with Gasteiger partial charge in [0.2, 0.25) is 0 Å². The summed E-state index contributed by atoms with van der Waals surface area (Å²) in [4.78, 5) is 12.7. The summed E-state index contributed by atoms with van der Waals surface area (Å²) in [7, 11) is 0. The van der Waals surface area contributed by atoms with Crippen molar-refractivity contribution in [3.05, 3.63) is 41.0 Å². The molecule has 0 spiro atoms. The maximum atomic E-state index is 12.7. The summed E-state index contributed by atoms with van der Waals surface area (Å²) in [5.74, 6) is -0.310. The third-order valence-corrected chi connectivity index (χ3v) is 5.34. The molecule has 1 saturated carbocycles. The van der Waals surface area contributed by atoms with Gasteiger partial charge < -0.3 is 10.4 Å². The van der Waals surface area contributed by atoms with Crippen molar-refractivity contribution in [2.45, 2.75) is 51.3 Å². The number of aliphatic hydroxyl groups excluding tert-OH is 1. The van der Waals surface area contributed by atoms with Gasteiger partial charge in [0.15, 0.2) is 0 Å². The Hall–Kier alpha value is -2.36. The van der Waals surface area contributed by atoms with Crippen LogP contribution in [0.2, 0.25) is 5.02 Å². The van der Waals surface area contributed by atoms with Crippen molar-refractivity contribution in [3.8, 4) is 17.3 Å². The molecule has 0 aliphatic heterocycles. The summed E-state index contributed by atoms with van der Waals surface area (Å²) in [5, 5.41) is 26.5. The molecule has 1 amide bonds. The number of nitriles is 1. The van der Waals surface area contributed by atoms with Crippen LogP contribution in [0.3, 0.4) is 0 Å². The van der Waals surface area contributed by atoms with Gasteiger partial charge in [-0.05, 0) is 31.0 Å². The number of rotatable bonds is 5. The summed E-state index contributed by atoms with van der Waals surface area (Å²) in [6.07, 6.45) is 7.22. The fourth-order valence-electron chi connectivity index (χ4n) is 3.49. The fourth-order valence-corrected chi connectivity index (χ4v) is 3.69. The summed E-state index contributed by atoms with van der Waals surface area (Å²) < 4.78 is 1.53. The first-order chi connectivity index (χ1) is 13.1. The third kappa shape index (κ3) is 4.88. The molecule has 3 rings (SSSR count). The molecular formula is C20H23ClN4O2. The molecule has 1 fully saturated rings. The molecule has 0 saturated heterocycles. The maximum absolute atomic E-state index is 12.7. The lowest BCUT2D eigenvalue weighted by atomic mass is 9.98. The van der Waals surface area contributed by atoms with Crippen LogP contribution in [0.25, 0.3) is 11.3 Å². The SMILES string of the molecule is N#CCn1ccc(-c2ccc(Cl)c(C(=O)NC(O)C3CCCCCC3)c2)n1. The molecular weight excluding hydrogens is 364 g/mol. The summed E-state index contributed by atoms with van der Waals surface area (Å²) in [6.45, 7) is 0.161. The number of hydrogen-bond donors (Lipinski definition) is 2. The monoisotopic (exact) mass is 386 g/mol. The third-order valence-electron chi connectivity index (χ3n) is 5.01. The lowest BCUT2D eigenvalue weighted by molar-refractivity contribution is 0.0532. The standard InChI is InChI=1S/C20H23ClN4O2/c21-17-8-7-15(18-9-11-25(24-18)12-10-22)13-16(17)20(27)23-19(26)14-5-3-1-2-4-6-14/h7-9,11,13-14,19,26H,1-6,12H2,(H,23,27). The highest BCUT2D eigenvalue weighted by Gasteiger charge is 2.23. The van der Waals surface area contributed by atoms with Crippen LogP contribution >= 0.6 is 11.6 Å². The van der Waals surface area contributed by atoms with Gasteiger partial charge in [-0.2, -0.15) is 10.4 Å². The highest BCUT2D eigenvalue weighted by Crippen LogP contribution is 2.27. The first-order valence-corrected chi connectivity index (χ1v) is 9.65. The number of nitrogens with zero attached hydrogens (tertiary/aromatic N) is 3. The van der Waals surface area contributed by atoms with E-state index in [1.807, 2.05) is 6.07 Å². The zero-order valence-electron chi connectivity index (χ0n) is 15.1. The van der Waals surface area contributed by atoms with Crippen molar-refractivity contribution in [1.82, 2.24) is 15.1 Å². The molecule has 0 bridgehead atoms. The number of halogens is 1. The largest absolute Gasteiger partial charge is 0.373 e. The smallest absolute Gasteiger partial charge is 0.254 e. The summed E-state index contributed by atoms with van der Waals surface area (Å²) in [6, 6.07) is 8.90. The Morgan fingerprint density at radius 1 is 1.33 bits per heavy atom. The highest BCUT2D eigenvalue weighted by molar-refractivity contribution is 6.34. The first kappa shape index (κ1) is 19.4. The van der Waals surface area contributed by atoms with Crippen LogP contribution < -0.4 is 5.32 Å². The average molecular weight is 387 g/mol. The second-order valence-corrected chi connectivity index (χ2v) is 7.33. The Balaban J connectivity index is 1.74. The van der Waals surface area contributed by atoms with E-state index in [9.17, 15) is 9.90 Å². The van der Waals surface area contributed by atoms with E-state index in [1.165, 1.54) is 17.5 Å². The molecule has 1 aliphatic carbocycles. The second-order valence-electron chi connectivity index (χ2n) is 6.92. The molecule has 1 aromatic heterocycles. The van der Waals surface area contributed by atoms with Crippen molar-refractivity contribution < 1.29 is 9.90 Å². The van der Waals surface area contributed by atoms with Gasteiger partial charge in [0.05, 0.1) is 22.3 Å². The number of aromatic nitrogens is 2. The molecule has 1 aromatic carbocycles. The van der Waals surface area contributed by atoms with E-state index in [-0.39, 0.29) is 12.5 Å². The molecule has 6 nitrogen and oxygen atoms in total. The van der Waals surface area contributed by atoms with Crippen LogP contribution in [0.1, 0.15) is 48.9 Å². The van der Waals surface area contributed by atoms with E-state index in [0.717, 1.165) is 31.2 Å². The van der Waals surface area contributed by atoms with Gasteiger partial charge in [0.1, 0.15) is 12.8 Å². The van der Waals surface area contributed by atoms with Crippen LogP contribution in [0, 0.1) is 17.2 Å². The van der Waals surface area contributed by atoms with Crippen LogP contribution in [0.15, 0.2) is 30.5 Å². The number of carbonyl (C=O) groups excluding carboxylic acids is 1. The maximum Gasteiger partial charge on any atom is 0.254 e. The van der Waals surface area contributed by atoms with E-state index in [2.05, 4.69) is 10.4 Å². The molecule has 1 unspecified atom stereocenters. The van der Waals surface area contributed by atoms with Crippen molar-refractivity contribution in [2.75, 3.05) is 0 Å². The first-order valence-electron chi connectivity index (χ1n) is 9.28. The van der Waals surface area contributed by atoms with Gasteiger partial charge in [0.25, 0.3) is 5.91 Å². The van der Waals surface area contributed by atoms with Gasteiger partial charge >= 0.3 is 0 Å². The Morgan fingerprint density at radius 3 is 2.78 bits per heavy atom. The number of carbonyl (C=O) groups is 1. The fraction of sp³-hybridized carbons (Fsp3) is 0.450. The van der Waals surface area contributed by atoms with Crippen molar-refractivity contribution in [2.24, 2.45) is 5.92 Å². The number of hydrogen-bond acceptors (Lipinski definition) is 4. The topological polar surface area (TPSA) is 90.9 Å². The predicted octanol–water partition coefficient (Wildman–Crippen LogP) is 3.75. The minimum absolute atomic E-state index is 0.0834. The molecule has 142 valence electrons. The molecule has 0 radical (unpaired) electrons. The molecule has 7 heteroatoms. The second kappa shape index (κ2) is 9.03. The molecule has 1 atom stereocenters. The van der Waals surface area contributed by atoms with Gasteiger partial charge in [-0.3, -0.25) is 9.48 Å². The van der Waals surface area contributed by atoms with Crippen LogP contribution in [-0.2, 0) is 6.54 Å². The van der Waals surface area contributed by atoms with E-state index in [4.69, 9.17) is 16.9 Å². The van der Waals surface area contributed by atoms with Gasteiger partial charge in [-0.15, -0.1) is 0 Å². The van der Waals surface area contributed by atoms with E-state index < -0.39 is 12.1 Å². The van der Waals surface area contributed by atoms with E-state index in [1.54, 1.807) is 30.5 Å². The lowest BCUT2D eigenvalue weighted by Crippen LogP contribution is -2.40. The summed E-state index contributed by atoms with van der Waals surface area (Å²) >= 11 is 6.22. The van der Waals surface area contributed by atoms with Gasteiger partial charge in [0, 0.05) is 17.7 Å². The number of nitrogens with one attached hydrogen (secondary N) is 1. The average Bonchev–Trinajstić information content (AvgIpc) is 2.95. The normalized spacial score (nSPS) is 16.3. The highest BCUT2D eigenvalue weighted by atomic mass is 35.5.